The number of amides is 1. The molecule has 1 aromatic heterocycles. The van der Waals surface area contributed by atoms with Crippen molar-refractivity contribution in [2.45, 2.75) is 45.7 Å². The van der Waals surface area contributed by atoms with Gasteiger partial charge in [-0.05, 0) is 45.7 Å². The van der Waals surface area contributed by atoms with Crippen molar-refractivity contribution < 1.29 is 4.79 Å². The van der Waals surface area contributed by atoms with Gasteiger partial charge in [0.05, 0.1) is 24.3 Å². The molecule has 1 amide bonds. The normalized spacial score (nSPS) is 21.9. The van der Waals surface area contributed by atoms with E-state index in [-0.39, 0.29) is 11.5 Å². The number of nitrogens with one attached hydrogen (secondary N) is 1. The van der Waals surface area contributed by atoms with Crippen molar-refractivity contribution in [3.8, 4) is 0 Å². The molecule has 1 atom stereocenters. The summed E-state index contributed by atoms with van der Waals surface area (Å²) in [6.07, 6.45) is 3.96. The van der Waals surface area contributed by atoms with E-state index < -0.39 is 0 Å². The molecule has 1 fully saturated rings. The van der Waals surface area contributed by atoms with Gasteiger partial charge < -0.3 is 14.8 Å². The van der Waals surface area contributed by atoms with Crippen LogP contribution in [0, 0.1) is 12.8 Å². The summed E-state index contributed by atoms with van der Waals surface area (Å²) < 4.78 is 0. The second-order valence-electron chi connectivity index (χ2n) is 6.64. The summed E-state index contributed by atoms with van der Waals surface area (Å²) in [5.41, 5.74) is 1.30. The van der Waals surface area contributed by atoms with Crippen molar-refractivity contribution in [3.63, 3.8) is 0 Å². The summed E-state index contributed by atoms with van der Waals surface area (Å²) in [5, 5.41) is 0. The van der Waals surface area contributed by atoms with E-state index in [9.17, 15) is 9.59 Å². The average Bonchev–Trinajstić information content (AvgIpc) is 2.89. The summed E-state index contributed by atoms with van der Waals surface area (Å²) in [6.45, 7) is 4.91. The third kappa shape index (κ3) is 3.21. The number of nitrogens with zero attached hydrogens (tertiary/aromatic N) is 3. The van der Waals surface area contributed by atoms with Crippen LogP contribution in [0.25, 0.3) is 0 Å². The first-order valence-electron chi connectivity index (χ1n) is 8.08. The molecule has 1 N–H and O–H groups in total. The Balaban J connectivity index is 1.56. The highest BCUT2D eigenvalue weighted by Gasteiger charge is 2.27. The topological polar surface area (TPSA) is 69.3 Å². The third-order valence-corrected chi connectivity index (χ3v) is 4.75. The first kappa shape index (κ1) is 15.2. The lowest BCUT2D eigenvalue weighted by Gasteiger charge is -2.29. The Kier molecular flexibility index (Phi) is 4.29. The van der Waals surface area contributed by atoms with Crippen LogP contribution in [0.4, 0.5) is 0 Å². The van der Waals surface area contributed by atoms with Crippen molar-refractivity contribution in [1.82, 2.24) is 19.8 Å². The molecule has 0 radical (unpaired) electrons. The van der Waals surface area contributed by atoms with Crippen LogP contribution in [0.2, 0.25) is 0 Å². The molecule has 0 spiro atoms. The maximum Gasteiger partial charge on any atom is 0.256 e. The molecule has 22 heavy (non-hydrogen) atoms. The van der Waals surface area contributed by atoms with Gasteiger partial charge in [0.2, 0.25) is 5.91 Å². The maximum absolute atomic E-state index is 12.4. The summed E-state index contributed by atoms with van der Waals surface area (Å²) in [6, 6.07) is 0. The minimum atomic E-state index is -0.105. The molecule has 1 aromatic rings. The van der Waals surface area contributed by atoms with E-state index in [0.717, 1.165) is 18.7 Å². The molecule has 1 saturated heterocycles. The summed E-state index contributed by atoms with van der Waals surface area (Å²) in [7, 11) is 2.14. The van der Waals surface area contributed by atoms with Crippen LogP contribution in [-0.4, -0.2) is 45.8 Å². The van der Waals surface area contributed by atoms with Crippen LogP contribution >= 0.6 is 0 Å². The molecule has 6 heteroatoms. The molecule has 2 aliphatic rings. The number of piperidine rings is 1. The Hall–Kier alpha value is -1.69. The van der Waals surface area contributed by atoms with Gasteiger partial charge >= 0.3 is 0 Å². The molecule has 6 nitrogen and oxygen atoms in total. The fourth-order valence-electron chi connectivity index (χ4n) is 3.56. The molecule has 1 unspecified atom stereocenters. The van der Waals surface area contributed by atoms with Crippen LogP contribution in [0.15, 0.2) is 4.79 Å². The van der Waals surface area contributed by atoms with Crippen LogP contribution in [0.1, 0.15) is 42.8 Å². The number of hydrogen-bond donors (Lipinski definition) is 1. The van der Waals surface area contributed by atoms with Crippen molar-refractivity contribution in [3.05, 3.63) is 27.4 Å². The second kappa shape index (κ2) is 6.20. The van der Waals surface area contributed by atoms with Crippen molar-refractivity contribution in [1.29, 1.82) is 0 Å². The zero-order valence-electron chi connectivity index (χ0n) is 13.4. The van der Waals surface area contributed by atoms with E-state index in [2.05, 4.69) is 21.9 Å². The lowest BCUT2D eigenvalue weighted by molar-refractivity contribution is -0.132. The molecule has 0 bridgehead atoms. The van der Waals surface area contributed by atoms with Gasteiger partial charge in [-0.2, -0.15) is 0 Å². The summed E-state index contributed by atoms with van der Waals surface area (Å²) in [4.78, 5) is 35.5. The number of hydrogen-bond acceptors (Lipinski definition) is 4. The van der Waals surface area contributed by atoms with E-state index in [1.54, 1.807) is 11.8 Å². The van der Waals surface area contributed by atoms with Crippen molar-refractivity contribution in [2.24, 2.45) is 5.92 Å². The number of aromatic amines is 1. The molecule has 0 aliphatic carbocycles. The Morgan fingerprint density at radius 1 is 1.41 bits per heavy atom. The van der Waals surface area contributed by atoms with Gasteiger partial charge in [0.1, 0.15) is 5.82 Å². The standard InChI is InChI=1S/C16H24N4O2/c1-11-17-14-10-20(9-13(14)16(22)18-11)15(21)6-5-12-4-3-7-19(2)8-12/h12H,3-10H2,1-2H3,(H,17,18,22). The molecule has 3 heterocycles. The second-order valence-corrected chi connectivity index (χ2v) is 6.64. The van der Waals surface area contributed by atoms with E-state index in [1.807, 2.05) is 0 Å². The number of fused-ring (bicyclic) bond motifs is 1. The molecular formula is C16H24N4O2. The quantitative estimate of drug-likeness (QED) is 0.906. The van der Waals surface area contributed by atoms with E-state index in [1.165, 1.54) is 19.4 Å². The zero-order valence-corrected chi connectivity index (χ0v) is 13.4. The maximum atomic E-state index is 12.4. The third-order valence-electron chi connectivity index (χ3n) is 4.75. The number of carbonyl (C=O) groups is 1. The molecule has 3 rings (SSSR count). The van der Waals surface area contributed by atoms with E-state index in [4.69, 9.17) is 0 Å². The van der Waals surface area contributed by atoms with E-state index >= 15 is 0 Å². The number of H-pyrrole nitrogens is 1. The minimum absolute atomic E-state index is 0.105. The molecular weight excluding hydrogens is 280 g/mol. The zero-order chi connectivity index (χ0) is 15.7. The minimum Gasteiger partial charge on any atom is -0.332 e. The first-order chi connectivity index (χ1) is 10.5. The highest BCUT2D eigenvalue weighted by atomic mass is 16.2. The van der Waals surface area contributed by atoms with E-state index in [0.29, 0.717) is 36.8 Å². The number of carbonyl (C=O) groups excluding carboxylic acids is 1. The molecule has 0 aromatic carbocycles. The molecule has 2 aliphatic heterocycles. The Morgan fingerprint density at radius 2 is 2.23 bits per heavy atom. The Bertz CT molecular complexity index is 625. The fourth-order valence-corrected chi connectivity index (χ4v) is 3.56. The number of rotatable bonds is 3. The van der Waals surface area contributed by atoms with Gasteiger partial charge in [-0.15, -0.1) is 0 Å². The predicted octanol–water partition coefficient (Wildman–Crippen LogP) is 1.04. The molecule has 0 saturated carbocycles. The largest absolute Gasteiger partial charge is 0.332 e. The van der Waals surface area contributed by atoms with Crippen LogP contribution < -0.4 is 5.56 Å². The SMILES string of the molecule is Cc1nc2c(c(=O)[nH]1)CN(C(=O)CCC1CCCN(C)C1)C2. The number of aromatic nitrogens is 2. The Labute approximate surface area is 130 Å². The molecule has 120 valence electrons. The van der Waals surface area contributed by atoms with Crippen LogP contribution in [0.5, 0.6) is 0 Å². The van der Waals surface area contributed by atoms with Gasteiger partial charge in [-0.1, -0.05) is 0 Å². The lowest BCUT2D eigenvalue weighted by atomic mass is 9.93. The highest BCUT2D eigenvalue weighted by Crippen LogP contribution is 2.23. The van der Waals surface area contributed by atoms with Crippen LogP contribution in [-0.2, 0) is 17.9 Å². The van der Waals surface area contributed by atoms with Gasteiger partial charge in [0, 0.05) is 13.0 Å². The fraction of sp³-hybridized carbons (Fsp3) is 0.688. The summed E-state index contributed by atoms with van der Waals surface area (Å²) in [5.74, 6) is 1.38. The van der Waals surface area contributed by atoms with Gasteiger partial charge in [0.25, 0.3) is 5.56 Å². The Morgan fingerprint density at radius 3 is 3.00 bits per heavy atom. The average molecular weight is 304 g/mol. The van der Waals surface area contributed by atoms with Gasteiger partial charge in [-0.25, -0.2) is 4.98 Å². The van der Waals surface area contributed by atoms with Crippen LogP contribution in [0.3, 0.4) is 0 Å². The summed E-state index contributed by atoms with van der Waals surface area (Å²) >= 11 is 0. The number of likely N-dealkylation sites (tertiary alicyclic amines) is 1. The first-order valence-corrected chi connectivity index (χ1v) is 8.08. The van der Waals surface area contributed by atoms with Crippen molar-refractivity contribution in [2.75, 3.05) is 20.1 Å². The van der Waals surface area contributed by atoms with Gasteiger partial charge in [0.15, 0.2) is 0 Å². The predicted molar refractivity (Wildman–Crippen MR) is 83.3 cm³/mol. The highest BCUT2D eigenvalue weighted by molar-refractivity contribution is 5.76. The smallest absolute Gasteiger partial charge is 0.256 e. The monoisotopic (exact) mass is 304 g/mol. The van der Waals surface area contributed by atoms with Crippen molar-refractivity contribution >= 4 is 5.91 Å². The number of aryl methyl sites for hydroxylation is 1. The lowest BCUT2D eigenvalue weighted by Crippen LogP contribution is -2.33. The van der Waals surface area contributed by atoms with Gasteiger partial charge in [-0.3, -0.25) is 9.59 Å².